The number of nitrogens with zero attached hydrogens (tertiary/aromatic N) is 1. The predicted molar refractivity (Wildman–Crippen MR) is 92.0 cm³/mol. The third-order valence-electron chi connectivity index (χ3n) is 5.80. The summed E-state index contributed by atoms with van der Waals surface area (Å²) in [5.41, 5.74) is 0.102. The molecule has 25 heavy (non-hydrogen) atoms. The van der Waals surface area contributed by atoms with Crippen LogP contribution in [0.4, 0.5) is 8.78 Å². The Balaban J connectivity index is 1.72. The molecule has 0 N–H and O–H groups in total. The average molecular weight is 351 g/mol. The summed E-state index contributed by atoms with van der Waals surface area (Å²) in [7, 11) is 0. The number of carbonyl (C=O) groups excluding carboxylic acids is 1. The summed E-state index contributed by atoms with van der Waals surface area (Å²) in [6, 6.07) is 3.99. The molecular weight excluding hydrogens is 324 g/mol. The maximum absolute atomic E-state index is 13.6. The summed E-state index contributed by atoms with van der Waals surface area (Å²) in [6.45, 7) is 7.34. The molecule has 0 saturated carbocycles. The second-order valence-electron chi connectivity index (χ2n) is 7.42. The van der Waals surface area contributed by atoms with Crippen LogP contribution < -0.4 is 0 Å². The highest BCUT2D eigenvalue weighted by Gasteiger charge is 2.64. The summed E-state index contributed by atoms with van der Waals surface area (Å²) in [4.78, 5) is 14.8. The van der Waals surface area contributed by atoms with E-state index in [2.05, 4.69) is 13.8 Å². The van der Waals surface area contributed by atoms with Crippen molar-refractivity contribution in [3.8, 4) is 0 Å². The molecule has 2 aliphatic rings. The van der Waals surface area contributed by atoms with Gasteiger partial charge in [0.05, 0.1) is 6.54 Å². The number of halogens is 2. The molecular formula is C20H27F2NO2. The Morgan fingerprint density at radius 2 is 2.08 bits per heavy atom. The number of epoxide rings is 1. The van der Waals surface area contributed by atoms with Crippen molar-refractivity contribution >= 4 is 5.91 Å². The monoisotopic (exact) mass is 351 g/mol. The summed E-state index contributed by atoms with van der Waals surface area (Å²) in [5, 5.41) is 0. The molecule has 0 radical (unpaired) electrons. The van der Waals surface area contributed by atoms with E-state index in [0.29, 0.717) is 18.7 Å². The third-order valence-corrected chi connectivity index (χ3v) is 5.80. The molecule has 0 aliphatic carbocycles. The number of ether oxygens (including phenoxy) is 1. The van der Waals surface area contributed by atoms with Crippen molar-refractivity contribution < 1.29 is 18.3 Å². The van der Waals surface area contributed by atoms with E-state index in [1.807, 2.05) is 11.8 Å². The van der Waals surface area contributed by atoms with Gasteiger partial charge in [-0.15, -0.1) is 0 Å². The van der Waals surface area contributed by atoms with Gasteiger partial charge in [-0.2, -0.15) is 0 Å². The van der Waals surface area contributed by atoms with Crippen LogP contribution in [0.15, 0.2) is 18.2 Å². The highest BCUT2D eigenvalue weighted by atomic mass is 19.2. The van der Waals surface area contributed by atoms with Gasteiger partial charge in [0.25, 0.3) is 0 Å². The zero-order valence-corrected chi connectivity index (χ0v) is 15.2. The van der Waals surface area contributed by atoms with Gasteiger partial charge in [-0.3, -0.25) is 4.79 Å². The second kappa shape index (κ2) is 7.02. The van der Waals surface area contributed by atoms with E-state index in [4.69, 9.17) is 4.74 Å². The molecule has 0 aromatic heterocycles. The van der Waals surface area contributed by atoms with Crippen molar-refractivity contribution in [2.75, 3.05) is 13.1 Å². The Morgan fingerprint density at radius 1 is 1.32 bits per heavy atom. The number of amides is 1. The number of likely N-dealkylation sites (tertiary alicyclic amines) is 1. The lowest BCUT2D eigenvalue weighted by molar-refractivity contribution is -0.137. The summed E-state index contributed by atoms with van der Waals surface area (Å²) in [5.74, 6) is -1.38. The van der Waals surface area contributed by atoms with Crippen molar-refractivity contribution in [3.63, 3.8) is 0 Å². The van der Waals surface area contributed by atoms with Gasteiger partial charge >= 0.3 is 0 Å². The first-order valence-electron chi connectivity index (χ1n) is 9.36. The van der Waals surface area contributed by atoms with Crippen LogP contribution >= 0.6 is 0 Å². The first-order valence-corrected chi connectivity index (χ1v) is 9.36. The number of rotatable bonds is 6. The zero-order chi connectivity index (χ0) is 18.2. The Labute approximate surface area is 148 Å². The molecule has 5 heteroatoms. The normalized spacial score (nSPS) is 29.2. The van der Waals surface area contributed by atoms with Crippen LogP contribution in [-0.2, 0) is 15.1 Å². The Morgan fingerprint density at radius 3 is 2.68 bits per heavy atom. The van der Waals surface area contributed by atoms with Gasteiger partial charge in [0, 0.05) is 18.4 Å². The smallest absolute Gasteiger partial charge is 0.225 e. The van der Waals surface area contributed by atoms with E-state index in [9.17, 15) is 13.6 Å². The van der Waals surface area contributed by atoms with Crippen molar-refractivity contribution in [1.29, 1.82) is 0 Å². The predicted octanol–water partition coefficient (Wildman–Crippen LogP) is 4.25. The number of fused-ring (bicyclic) bond motifs is 1. The van der Waals surface area contributed by atoms with Crippen LogP contribution in [0.3, 0.4) is 0 Å². The fraction of sp³-hybridized carbons (Fsp3) is 0.650. The van der Waals surface area contributed by atoms with E-state index in [0.717, 1.165) is 31.7 Å². The van der Waals surface area contributed by atoms with Crippen LogP contribution in [0.2, 0.25) is 0 Å². The molecule has 2 heterocycles. The van der Waals surface area contributed by atoms with Crippen LogP contribution in [0, 0.1) is 23.5 Å². The molecule has 2 aliphatic heterocycles. The van der Waals surface area contributed by atoms with Gasteiger partial charge in [0.15, 0.2) is 11.6 Å². The Hall–Kier alpha value is -1.49. The molecule has 0 bridgehead atoms. The van der Waals surface area contributed by atoms with Crippen molar-refractivity contribution in [1.82, 2.24) is 4.90 Å². The van der Waals surface area contributed by atoms with E-state index < -0.39 is 17.2 Å². The van der Waals surface area contributed by atoms with Gasteiger partial charge in [-0.25, -0.2) is 8.78 Å². The number of hydrogen-bond donors (Lipinski definition) is 0. The van der Waals surface area contributed by atoms with Crippen molar-refractivity contribution in [2.24, 2.45) is 11.8 Å². The summed E-state index contributed by atoms with van der Waals surface area (Å²) >= 11 is 0. The standard InChI is InChI=1S/C20H27F2NO2/c1-4-6-7-14(5-2)19(24)23-11-13(3)20(18(12-23)25-20)15-8-9-16(21)17(22)10-15/h8-10,13-14,18H,4-7,11-12H2,1-3H3. The molecule has 4 unspecified atom stereocenters. The number of hydrogen-bond acceptors (Lipinski definition) is 2. The molecule has 1 aromatic rings. The van der Waals surface area contributed by atoms with Gasteiger partial charge < -0.3 is 9.64 Å². The molecule has 1 aromatic carbocycles. The summed E-state index contributed by atoms with van der Waals surface area (Å²) < 4.78 is 32.8. The lowest BCUT2D eigenvalue weighted by Crippen LogP contribution is -2.48. The van der Waals surface area contributed by atoms with Gasteiger partial charge in [0.2, 0.25) is 5.91 Å². The minimum Gasteiger partial charge on any atom is -0.359 e. The highest BCUT2D eigenvalue weighted by Crippen LogP contribution is 2.55. The number of piperidine rings is 1. The van der Waals surface area contributed by atoms with E-state index >= 15 is 0 Å². The fourth-order valence-electron chi connectivity index (χ4n) is 4.22. The van der Waals surface area contributed by atoms with Crippen LogP contribution in [-0.4, -0.2) is 30.0 Å². The Bertz CT molecular complexity index is 651. The quantitative estimate of drug-likeness (QED) is 0.718. The summed E-state index contributed by atoms with van der Waals surface area (Å²) in [6.07, 6.45) is 3.80. The molecule has 3 nitrogen and oxygen atoms in total. The number of benzene rings is 1. The van der Waals surface area contributed by atoms with Gasteiger partial charge in [-0.1, -0.05) is 39.7 Å². The molecule has 0 spiro atoms. The van der Waals surface area contributed by atoms with E-state index in [-0.39, 0.29) is 23.8 Å². The fourth-order valence-corrected chi connectivity index (χ4v) is 4.22. The largest absolute Gasteiger partial charge is 0.359 e. The number of carbonyl (C=O) groups is 1. The molecule has 138 valence electrons. The molecule has 4 atom stereocenters. The third kappa shape index (κ3) is 3.19. The maximum Gasteiger partial charge on any atom is 0.225 e. The first kappa shape index (κ1) is 18.3. The lowest BCUT2D eigenvalue weighted by atomic mass is 9.80. The molecule has 1 amide bonds. The lowest BCUT2D eigenvalue weighted by Gasteiger charge is -2.35. The van der Waals surface area contributed by atoms with Crippen molar-refractivity contribution in [2.45, 2.75) is 58.2 Å². The van der Waals surface area contributed by atoms with Crippen LogP contribution in [0.5, 0.6) is 0 Å². The average Bonchev–Trinajstić information content (AvgIpc) is 3.34. The second-order valence-corrected chi connectivity index (χ2v) is 7.42. The van der Waals surface area contributed by atoms with Gasteiger partial charge in [0.1, 0.15) is 11.7 Å². The molecule has 2 fully saturated rings. The van der Waals surface area contributed by atoms with E-state index in [1.165, 1.54) is 6.07 Å². The van der Waals surface area contributed by atoms with E-state index in [1.54, 1.807) is 6.07 Å². The zero-order valence-electron chi connectivity index (χ0n) is 15.2. The van der Waals surface area contributed by atoms with Crippen molar-refractivity contribution in [3.05, 3.63) is 35.4 Å². The topological polar surface area (TPSA) is 32.8 Å². The SMILES string of the molecule is CCCCC(CC)C(=O)N1CC(C)C2(c3ccc(F)c(F)c3)OC2C1. The highest BCUT2D eigenvalue weighted by molar-refractivity contribution is 5.79. The molecule has 2 saturated heterocycles. The van der Waals surface area contributed by atoms with Crippen LogP contribution in [0.1, 0.15) is 52.0 Å². The Kier molecular flexibility index (Phi) is 5.14. The maximum atomic E-state index is 13.6. The minimum absolute atomic E-state index is 0.0451. The minimum atomic E-state index is -0.850. The first-order chi connectivity index (χ1) is 11.9. The number of unbranched alkanes of at least 4 members (excludes halogenated alkanes) is 1. The molecule has 3 rings (SSSR count). The van der Waals surface area contributed by atoms with Crippen LogP contribution in [0.25, 0.3) is 0 Å². The van der Waals surface area contributed by atoms with Gasteiger partial charge in [-0.05, 0) is 30.5 Å².